The number of rotatable bonds is 4. The van der Waals surface area contributed by atoms with Gasteiger partial charge in [-0.2, -0.15) is 13.2 Å². The number of aromatic nitrogens is 3. The Morgan fingerprint density at radius 3 is 2.66 bits per heavy atom. The second-order valence-corrected chi connectivity index (χ2v) is 11.8. The highest BCUT2D eigenvalue weighted by Gasteiger charge is 2.48. The first-order chi connectivity index (χ1) is 16.6. The van der Waals surface area contributed by atoms with Crippen molar-refractivity contribution in [2.24, 2.45) is 10.3 Å². The largest absolute Gasteiger partial charge is 0.493 e. The molecule has 2 N–H and O–H groups in total. The van der Waals surface area contributed by atoms with E-state index in [2.05, 4.69) is 20.3 Å². The second kappa shape index (κ2) is 8.66. The van der Waals surface area contributed by atoms with Crippen molar-refractivity contribution >= 4 is 26.6 Å². The maximum absolute atomic E-state index is 13.4. The highest BCUT2D eigenvalue weighted by atomic mass is 32.2. The standard InChI is InChI=1S/C23H26F3N5O3S/c1-35(2,32)31-22(7-9-33-10-8-22)16-12-34-17-6-4-3-5-14(17)19(16)30-21-15-11-18(23(24,25)26)29-20(15)27-13-28-21/h3-6,11,13,16,19H,7-10,12H2,1-2H3,(H2,27,28,29,30). The van der Waals surface area contributed by atoms with E-state index in [-0.39, 0.29) is 22.8 Å². The van der Waals surface area contributed by atoms with Crippen molar-refractivity contribution in [3.63, 3.8) is 0 Å². The van der Waals surface area contributed by atoms with Crippen LogP contribution in [-0.2, 0) is 20.6 Å². The number of benzene rings is 1. The summed E-state index contributed by atoms with van der Waals surface area (Å²) in [5.74, 6) is 0.671. The molecular formula is C23H26F3N5O3S. The molecule has 3 aromatic rings. The minimum absolute atomic E-state index is 0.0855. The van der Waals surface area contributed by atoms with Gasteiger partial charge in [0.15, 0.2) is 0 Å². The van der Waals surface area contributed by atoms with E-state index in [1.54, 1.807) is 12.5 Å². The van der Waals surface area contributed by atoms with Gasteiger partial charge in [0.2, 0.25) is 0 Å². The van der Waals surface area contributed by atoms with Gasteiger partial charge in [-0.3, -0.25) is 4.21 Å². The lowest BCUT2D eigenvalue weighted by molar-refractivity contribution is -0.140. The Morgan fingerprint density at radius 2 is 1.94 bits per heavy atom. The van der Waals surface area contributed by atoms with E-state index in [1.807, 2.05) is 24.3 Å². The highest BCUT2D eigenvalue weighted by molar-refractivity contribution is 7.92. The van der Waals surface area contributed by atoms with Crippen molar-refractivity contribution in [2.75, 3.05) is 37.6 Å². The minimum atomic E-state index is -4.54. The van der Waals surface area contributed by atoms with Gasteiger partial charge in [0, 0.05) is 46.9 Å². The number of nitrogens with zero attached hydrogens (tertiary/aromatic N) is 3. The number of nitrogens with one attached hydrogen (secondary N) is 2. The number of hydrogen-bond donors (Lipinski definition) is 2. The van der Waals surface area contributed by atoms with E-state index in [9.17, 15) is 17.4 Å². The average molecular weight is 510 g/mol. The van der Waals surface area contributed by atoms with Crippen LogP contribution in [0.4, 0.5) is 19.0 Å². The number of fused-ring (bicyclic) bond motifs is 2. The van der Waals surface area contributed by atoms with Gasteiger partial charge in [-0.15, -0.1) is 0 Å². The van der Waals surface area contributed by atoms with Gasteiger partial charge >= 0.3 is 6.18 Å². The molecule has 2 aliphatic rings. The molecule has 0 amide bonds. The zero-order valence-corrected chi connectivity index (χ0v) is 20.1. The van der Waals surface area contributed by atoms with Gasteiger partial charge < -0.3 is 19.8 Å². The highest BCUT2D eigenvalue weighted by Crippen LogP contribution is 2.47. The summed E-state index contributed by atoms with van der Waals surface area (Å²) in [6.45, 7) is 1.23. The van der Waals surface area contributed by atoms with Crippen LogP contribution in [-0.4, -0.2) is 57.0 Å². The van der Waals surface area contributed by atoms with Crippen LogP contribution in [0.1, 0.15) is 30.1 Å². The van der Waals surface area contributed by atoms with Crippen molar-refractivity contribution in [1.82, 2.24) is 15.0 Å². The predicted octanol–water partition coefficient (Wildman–Crippen LogP) is 4.42. The fraction of sp³-hybridized carbons (Fsp3) is 0.478. The molecule has 1 fully saturated rings. The fourth-order valence-corrected chi connectivity index (χ4v) is 6.25. The molecular weight excluding hydrogens is 483 g/mol. The Kier molecular flexibility index (Phi) is 5.91. The number of hydrogen-bond acceptors (Lipinski definition) is 7. The zero-order chi connectivity index (χ0) is 24.8. The van der Waals surface area contributed by atoms with Gasteiger partial charge in [-0.1, -0.05) is 18.2 Å². The average Bonchev–Trinajstić information content (AvgIpc) is 3.25. The summed E-state index contributed by atoms with van der Waals surface area (Å²) in [6, 6.07) is 8.11. The van der Waals surface area contributed by atoms with Gasteiger partial charge in [0.25, 0.3) is 0 Å². The molecule has 35 heavy (non-hydrogen) atoms. The molecule has 188 valence electrons. The molecule has 2 aromatic heterocycles. The number of ether oxygens (including phenoxy) is 2. The summed E-state index contributed by atoms with van der Waals surface area (Å²) in [7, 11) is -2.47. The zero-order valence-electron chi connectivity index (χ0n) is 19.3. The molecule has 1 aromatic carbocycles. The summed E-state index contributed by atoms with van der Waals surface area (Å²) in [6.07, 6.45) is 1.01. The molecule has 2 atom stereocenters. The number of H-pyrrole nitrogens is 1. The monoisotopic (exact) mass is 509 g/mol. The predicted molar refractivity (Wildman–Crippen MR) is 126 cm³/mol. The first kappa shape index (κ1) is 23.9. The van der Waals surface area contributed by atoms with Crippen LogP contribution in [0.15, 0.2) is 41.0 Å². The second-order valence-electron chi connectivity index (χ2n) is 9.23. The van der Waals surface area contributed by atoms with E-state index in [0.29, 0.717) is 38.4 Å². The first-order valence-corrected chi connectivity index (χ1v) is 13.5. The smallest absolute Gasteiger partial charge is 0.431 e. The van der Waals surface area contributed by atoms with Gasteiger partial charge in [-0.05, 0) is 25.0 Å². The van der Waals surface area contributed by atoms with Crippen LogP contribution in [0.2, 0.25) is 0 Å². The summed E-state index contributed by atoms with van der Waals surface area (Å²) in [4.78, 5) is 10.6. The fourth-order valence-electron chi connectivity index (χ4n) is 5.05. The lowest BCUT2D eigenvalue weighted by Gasteiger charge is -2.46. The Labute approximate surface area is 200 Å². The van der Waals surface area contributed by atoms with Crippen LogP contribution in [0.25, 0.3) is 11.0 Å². The summed E-state index contributed by atoms with van der Waals surface area (Å²) in [5.41, 5.74) is -0.678. The summed E-state index contributed by atoms with van der Waals surface area (Å²) >= 11 is 0. The molecule has 12 heteroatoms. The normalized spacial score (nSPS) is 22.3. The molecule has 4 heterocycles. The molecule has 0 bridgehead atoms. The lowest BCUT2D eigenvalue weighted by Crippen LogP contribution is -2.50. The van der Waals surface area contributed by atoms with Crippen LogP contribution in [0.5, 0.6) is 5.75 Å². The molecule has 2 unspecified atom stereocenters. The summed E-state index contributed by atoms with van der Waals surface area (Å²) < 4.78 is 69.5. The topological polar surface area (TPSA) is 101 Å². The minimum Gasteiger partial charge on any atom is -0.493 e. The van der Waals surface area contributed by atoms with Crippen molar-refractivity contribution in [3.05, 3.63) is 47.9 Å². The lowest BCUT2D eigenvalue weighted by atomic mass is 9.72. The first-order valence-electron chi connectivity index (χ1n) is 11.2. The van der Waals surface area contributed by atoms with Crippen LogP contribution < -0.4 is 10.1 Å². The van der Waals surface area contributed by atoms with E-state index < -0.39 is 33.2 Å². The SMILES string of the molecule is CS(C)(=O)=NC1(C2COc3ccccc3C2Nc2ncnc3[nH]c(C(F)(F)F)cc23)CCOCC1. The van der Waals surface area contributed by atoms with E-state index >= 15 is 0 Å². The van der Waals surface area contributed by atoms with Gasteiger partial charge in [0.1, 0.15) is 29.2 Å². The van der Waals surface area contributed by atoms with Crippen LogP contribution in [0.3, 0.4) is 0 Å². The third kappa shape index (κ3) is 4.68. The Hall–Kier alpha value is -2.86. The maximum Gasteiger partial charge on any atom is 0.431 e. The maximum atomic E-state index is 13.4. The number of aromatic amines is 1. The van der Waals surface area contributed by atoms with E-state index in [1.165, 1.54) is 6.33 Å². The Morgan fingerprint density at radius 1 is 1.20 bits per heavy atom. The molecule has 8 nitrogen and oxygen atoms in total. The number of halogens is 3. The van der Waals surface area contributed by atoms with Crippen molar-refractivity contribution in [2.45, 2.75) is 30.6 Å². The van der Waals surface area contributed by atoms with Crippen LogP contribution >= 0.6 is 0 Å². The molecule has 0 aliphatic carbocycles. The molecule has 0 saturated carbocycles. The number of anilines is 1. The van der Waals surface area contributed by atoms with Crippen molar-refractivity contribution in [3.8, 4) is 5.75 Å². The Bertz CT molecular complexity index is 1350. The number of alkyl halides is 3. The third-order valence-electron chi connectivity index (χ3n) is 6.55. The molecule has 5 rings (SSSR count). The van der Waals surface area contributed by atoms with Crippen molar-refractivity contribution < 1.29 is 26.9 Å². The quantitative estimate of drug-likeness (QED) is 0.540. The third-order valence-corrected chi connectivity index (χ3v) is 7.35. The molecule has 0 radical (unpaired) electrons. The van der Waals surface area contributed by atoms with Crippen LogP contribution in [0, 0.1) is 5.92 Å². The molecule has 0 spiro atoms. The Balaban J connectivity index is 1.63. The van der Waals surface area contributed by atoms with Gasteiger partial charge in [0.05, 0.1) is 23.6 Å². The van der Waals surface area contributed by atoms with E-state index in [4.69, 9.17) is 13.8 Å². The van der Waals surface area contributed by atoms with E-state index in [0.717, 1.165) is 11.6 Å². The molecule has 1 saturated heterocycles. The number of para-hydroxylation sites is 1. The molecule has 2 aliphatic heterocycles. The van der Waals surface area contributed by atoms with Crippen molar-refractivity contribution in [1.29, 1.82) is 0 Å². The summed E-state index contributed by atoms with van der Waals surface area (Å²) in [5, 5.41) is 3.62. The van der Waals surface area contributed by atoms with Gasteiger partial charge in [-0.25, -0.2) is 14.3 Å².